The maximum Gasteiger partial charge on any atom is 0.362 e. The van der Waals surface area contributed by atoms with Crippen molar-refractivity contribution in [2.75, 3.05) is 6.61 Å². The van der Waals surface area contributed by atoms with Crippen LogP contribution < -0.4 is 4.72 Å². The molecule has 1 amide bonds. The first-order chi connectivity index (χ1) is 18.3. The molecule has 38 heavy (non-hydrogen) atoms. The van der Waals surface area contributed by atoms with Crippen LogP contribution >= 0.6 is 0 Å². The van der Waals surface area contributed by atoms with Gasteiger partial charge in [-0.3, -0.25) is 17.9 Å². The number of para-hydroxylation sites is 1. The summed E-state index contributed by atoms with van der Waals surface area (Å²) in [6.07, 6.45) is 3.01. The molecular formula is C23H23N7O7S. The molecule has 1 fully saturated rings. The number of imidazole rings is 2. The first-order valence-corrected chi connectivity index (χ1v) is 13.1. The lowest BCUT2D eigenvalue weighted by atomic mass is 10.1. The fraction of sp³-hybridized carbons (Fsp3) is 0.304. The van der Waals surface area contributed by atoms with E-state index in [1.165, 1.54) is 17.2 Å². The number of aliphatic hydroxyl groups is 2. The van der Waals surface area contributed by atoms with Gasteiger partial charge in [-0.2, -0.15) is 8.42 Å². The van der Waals surface area contributed by atoms with E-state index < -0.39 is 47.4 Å². The Bertz CT molecular complexity index is 1740. The molecule has 15 heteroatoms. The van der Waals surface area contributed by atoms with Crippen molar-refractivity contribution in [2.24, 2.45) is 0 Å². The number of hydrogen-bond donors (Lipinski definition) is 4. The van der Waals surface area contributed by atoms with E-state index in [9.17, 15) is 23.4 Å². The van der Waals surface area contributed by atoms with Crippen LogP contribution in [0.15, 0.2) is 55.5 Å². The van der Waals surface area contributed by atoms with Gasteiger partial charge in [0.2, 0.25) is 5.91 Å². The average molecular weight is 542 g/mol. The minimum Gasteiger partial charge on any atom is -0.387 e. The number of fused-ring (bicyclic) bond motifs is 4. The van der Waals surface area contributed by atoms with Gasteiger partial charge in [0.15, 0.2) is 23.0 Å². The Morgan fingerprint density at radius 3 is 2.84 bits per heavy atom. The molecule has 0 aliphatic carbocycles. The monoisotopic (exact) mass is 541 g/mol. The topological polar surface area (TPSA) is 186 Å². The molecule has 5 heterocycles. The zero-order valence-electron chi connectivity index (χ0n) is 19.7. The van der Waals surface area contributed by atoms with Gasteiger partial charge in [-0.25, -0.2) is 19.7 Å². The Labute approximate surface area is 215 Å². The van der Waals surface area contributed by atoms with E-state index in [0.717, 1.165) is 16.5 Å². The highest BCUT2D eigenvalue weighted by Crippen LogP contribution is 2.32. The van der Waals surface area contributed by atoms with Crippen LogP contribution in [0.5, 0.6) is 0 Å². The van der Waals surface area contributed by atoms with E-state index in [1.54, 1.807) is 23.0 Å². The molecule has 4 atom stereocenters. The van der Waals surface area contributed by atoms with E-state index in [1.807, 2.05) is 29.0 Å². The van der Waals surface area contributed by atoms with E-state index in [-0.39, 0.29) is 6.42 Å². The molecule has 0 spiro atoms. The maximum absolute atomic E-state index is 12.3. The summed E-state index contributed by atoms with van der Waals surface area (Å²) in [6.45, 7) is -0.635. The predicted octanol–water partition coefficient (Wildman–Crippen LogP) is 0.190. The number of nitrogens with zero attached hydrogens (tertiary/aromatic N) is 5. The molecular weight excluding hydrogens is 518 g/mol. The molecule has 4 unspecified atom stereocenters. The summed E-state index contributed by atoms with van der Waals surface area (Å²) >= 11 is 0. The summed E-state index contributed by atoms with van der Waals surface area (Å²) in [4.78, 5) is 28.2. The van der Waals surface area contributed by atoms with Crippen molar-refractivity contribution in [1.82, 2.24) is 33.6 Å². The lowest BCUT2D eigenvalue weighted by molar-refractivity contribution is -0.119. The molecule has 1 aromatic carbocycles. The summed E-state index contributed by atoms with van der Waals surface area (Å²) in [5.41, 5.74) is 3.17. The average Bonchev–Trinajstić information content (AvgIpc) is 3.67. The zero-order chi connectivity index (χ0) is 26.4. The Morgan fingerprint density at radius 1 is 1.13 bits per heavy atom. The van der Waals surface area contributed by atoms with Crippen molar-refractivity contribution >= 4 is 43.9 Å². The predicted molar refractivity (Wildman–Crippen MR) is 132 cm³/mol. The fourth-order valence-corrected chi connectivity index (χ4v) is 5.35. The first-order valence-electron chi connectivity index (χ1n) is 11.7. The van der Waals surface area contributed by atoms with Crippen LogP contribution in [0.3, 0.4) is 0 Å². The Hall–Kier alpha value is -3.89. The third-order valence-electron chi connectivity index (χ3n) is 6.49. The van der Waals surface area contributed by atoms with Gasteiger partial charge in [-0.1, -0.05) is 18.2 Å². The number of H-pyrrole nitrogens is 1. The van der Waals surface area contributed by atoms with Crippen LogP contribution in [-0.4, -0.2) is 78.4 Å². The van der Waals surface area contributed by atoms with E-state index in [0.29, 0.717) is 23.2 Å². The number of aromatic amines is 1. The van der Waals surface area contributed by atoms with E-state index in [2.05, 4.69) is 19.9 Å². The summed E-state index contributed by atoms with van der Waals surface area (Å²) in [6, 6.07) is 7.58. The number of carbonyl (C=O) groups excluding carboxylic acids is 1. The summed E-state index contributed by atoms with van der Waals surface area (Å²) in [7, 11) is -4.49. The first kappa shape index (κ1) is 24.4. The second-order valence-corrected chi connectivity index (χ2v) is 10.2. The molecule has 4 N–H and O–H groups in total. The van der Waals surface area contributed by atoms with Gasteiger partial charge < -0.3 is 19.9 Å². The third kappa shape index (κ3) is 4.39. The molecule has 0 saturated carbocycles. The van der Waals surface area contributed by atoms with Crippen LogP contribution in [0.1, 0.15) is 18.2 Å². The summed E-state index contributed by atoms with van der Waals surface area (Å²) < 4.78 is 40.3. The molecule has 0 radical (unpaired) electrons. The van der Waals surface area contributed by atoms with Crippen LogP contribution in [0.4, 0.5) is 0 Å². The number of rotatable bonds is 8. The van der Waals surface area contributed by atoms with Gasteiger partial charge in [-0.05, 0) is 18.1 Å². The SMILES string of the molecule is O=C(CCc1c[nH]c2ccccc12)NS(=O)(=O)OCC1OC(n2cnc3c2ncn2ccnc32)C(O)C1O. The Morgan fingerprint density at radius 2 is 1.97 bits per heavy atom. The van der Waals surface area contributed by atoms with Crippen molar-refractivity contribution in [1.29, 1.82) is 0 Å². The van der Waals surface area contributed by atoms with Crippen LogP contribution in [0, 0.1) is 0 Å². The quantitative estimate of drug-likeness (QED) is 0.211. The zero-order valence-corrected chi connectivity index (χ0v) is 20.5. The smallest absolute Gasteiger partial charge is 0.362 e. The fourth-order valence-electron chi connectivity index (χ4n) is 4.59. The van der Waals surface area contributed by atoms with E-state index in [4.69, 9.17) is 8.92 Å². The minimum absolute atomic E-state index is 0.0850. The number of hydrogen-bond acceptors (Lipinski definition) is 10. The maximum atomic E-state index is 12.3. The molecule has 6 rings (SSSR count). The normalized spacial score (nSPS) is 22.1. The third-order valence-corrected chi connectivity index (χ3v) is 7.41. The number of aromatic nitrogens is 6. The van der Waals surface area contributed by atoms with Gasteiger partial charge in [0.25, 0.3) is 0 Å². The summed E-state index contributed by atoms with van der Waals surface area (Å²) in [5, 5.41) is 22.0. The molecule has 1 aliphatic rings. The molecule has 0 bridgehead atoms. The van der Waals surface area contributed by atoms with Crippen molar-refractivity contribution in [3.63, 3.8) is 0 Å². The minimum atomic E-state index is -4.49. The van der Waals surface area contributed by atoms with Crippen LogP contribution in [0.2, 0.25) is 0 Å². The van der Waals surface area contributed by atoms with Crippen molar-refractivity contribution in [3.05, 3.63) is 61.1 Å². The molecule has 4 aromatic heterocycles. The number of ether oxygens (including phenoxy) is 1. The highest BCUT2D eigenvalue weighted by atomic mass is 32.2. The largest absolute Gasteiger partial charge is 0.387 e. The van der Waals surface area contributed by atoms with Gasteiger partial charge in [0.05, 0.1) is 12.9 Å². The summed E-state index contributed by atoms with van der Waals surface area (Å²) in [5.74, 6) is -0.748. The second-order valence-electron chi connectivity index (χ2n) is 8.90. The van der Waals surface area contributed by atoms with Crippen molar-refractivity contribution in [3.8, 4) is 0 Å². The lowest BCUT2D eigenvalue weighted by Gasteiger charge is -2.16. The molecule has 1 aliphatic heterocycles. The molecule has 198 valence electrons. The number of benzene rings is 1. The van der Waals surface area contributed by atoms with E-state index >= 15 is 0 Å². The Balaban J connectivity index is 1.07. The number of aryl methyl sites for hydroxylation is 1. The second kappa shape index (κ2) is 9.45. The standard InChI is InChI=1S/C23H23N7O7S/c31-17(6-5-13-9-25-15-4-2-1-3-14(13)15)28-38(34,35)36-10-16-19(32)20(33)23(37-16)30-12-26-18-21-24-7-8-29(21)11-27-22(18)30/h1-4,7-9,11-12,16,19-20,23,25,32-33H,5-6,10H2,(H,28,31). The number of aliphatic hydroxyl groups excluding tert-OH is 2. The van der Waals surface area contributed by atoms with Crippen LogP contribution in [0.25, 0.3) is 27.7 Å². The van der Waals surface area contributed by atoms with Gasteiger partial charge >= 0.3 is 10.3 Å². The number of carbonyl (C=O) groups is 1. The van der Waals surface area contributed by atoms with Crippen molar-refractivity contribution < 1.29 is 32.3 Å². The van der Waals surface area contributed by atoms with Crippen molar-refractivity contribution in [2.45, 2.75) is 37.4 Å². The highest BCUT2D eigenvalue weighted by molar-refractivity contribution is 7.85. The number of nitrogens with one attached hydrogen (secondary N) is 2. The van der Waals surface area contributed by atoms with Gasteiger partial charge in [-0.15, -0.1) is 0 Å². The highest BCUT2D eigenvalue weighted by Gasteiger charge is 2.45. The lowest BCUT2D eigenvalue weighted by Crippen LogP contribution is -2.37. The van der Waals surface area contributed by atoms with Gasteiger partial charge in [0, 0.05) is 35.9 Å². The Kier molecular flexibility index (Phi) is 6.08. The molecule has 14 nitrogen and oxygen atoms in total. The van der Waals surface area contributed by atoms with Crippen LogP contribution in [-0.2, 0) is 30.4 Å². The number of amides is 1. The van der Waals surface area contributed by atoms with Gasteiger partial charge in [0.1, 0.15) is 24.6 Å². The molecule has 5 aromatic rings. The molecule has 1 saturated heterocycles.